The molecule has 2 rings (SSSR count). The Labute approximate surface area is 114 Å². The van der Waals surface area contributed by atoms with Gasteiger partial charge in [0, 0.05) is 24.7 Å². The molecule has 2 N–H and O–H groups in total. The molecule has 1 saturated heterocycles. The minimum atomic E-state index is -0.000159. The normalized spacial score (nSPS) is 19.2. The van der Waals surface area contributed by atoms with Crippen LogP contribution in [0.2, 0.25) is 0 Å². The summed E-state index contributed by atoms with van der Waals surface area (Å²) in [5.74, 6) is -0.000159. The number of hydrogen-bond donors (Lipinski definition) is 2. The molecule has 19 heavy (non-hydrogen) atoms. The van der Waals surface area contributed by atoms with E-state index < -0.39 is 0 Å². The first-order chi connectivity index (χ1) is 9.16. The van der Waals surface area contributed by atoms with Crippen molar-refractivity contribution < 1.29 is 9.53 Å². The highest BCUT2D eigenvalue weighted by atomic mass is 16.5. The van der Waals surface area contributed by atoms with E-state index in [0.717, 1.165) is 37.3 Å². The molecule has 1 atom stereocenters. The van der Waals surface area contributed by atoms with Crippen molar-refractivity contribution in [2.75, 3.05) is 26.3 Å². The predicted molar refractivity (Wildman–Crippen MR) is 75.5 cm³/mol. The Morgan fingerprint density at radius 1 is 1.42 bits per heavy atom. The first-order valence-electron chi connectivity index (χ1n) is 6.83. The Kier molecular flexibility index (Phi) is 4.93. The topological polar surface area (TPSA) is 50.4 Å². The molecule has 0 bridgehead atoms. The fraction of sp³-hybridized carbons (Fsp3) is 0.533. The molecule has 4 nitrogen and oxygen atoms in total. The lowest BCUT2D eigenvalue weighted by Crippen LogP contribution is -2.43. The molecule has 0 saturated carbocycles. The number of aryl methyl sites for hydroxylation is 2. The van der Waals surface area contributed by atoms with Crippen LogP contribution in [0.1, 0.15) is 27.9 Å². The van der Waals surface area contributed by atoms with E-state index >= 15 is 0 Å². The maximum absolute atomic E-state index is 12.0. The molecule has 1 aliphatic heterocycles. The molecule has 1 amide bonds. The summed E-state index contributed by atoms with van der Waals surface area (Å²) in [6, 6.07) is 6.15. The van der Waals surface area contributed by atoms with Gasteiger partial charge in [-0.05, 0) is 43.5 Å². The van der Waals surface area contributed by atoms with Gasteiger partial charge in [0.25, 0.3) is 5.91 Å². The van der Waals surface area contributed by atoms with Gasteiger partial charge in [-0.15, -0.1) is 0 Å². The van der Waals surface area contributed by atoms with Crippen LogP contribution in [0.25, 0.3) is 0 Å². The van der Waals surface area contributed by atoms with Crippen LogP contribution in [0.3, 0.4) is 0 Å². The van der Waals surface area contributed by atoms with Crippen molar-refractivity contribution in [2.45, 2.75) is 26.3 Å². The average molecular weight is 262 g/mol. The van der Waals surface area contributed by atoms with Crippen LogP contribution in [-0.4, -0.2) is 38.3 Å². The lowest BCUT2D eigenvalue weighted by molar-refractivity contribution is 0.0733. The highest BCUT2D eigenvalue weighted by Crippen LogP contribution is 2.09. The van der Waals surface area contributed by atoms with Crippen molar-refractivity contribution in [3.8, 4) is 0 Å². The van der Waals surface area contributed by atoms with Gasteiger partial charge in [-0.2, -0.15) is 0 Å². The van der Waals surface area contributed by atoms with Gasteiger partial charge in [0.05, 0.1) is 13.2 Å². The van der Waals surface area contributed by atoms with Crippen LogP contribution in [0.4, 0.5) is 0 Å². The minimum absolute atomic E-state index is 0.000159. The monoisotopic (exact) mass is 262 g/mol. The summed E-state index contributed by atoms with van der Waals surface area (Å²) in [5, 5.41) is 6.33. The van der Waals surface area contributed by atoms with E-state index in [9.17, 15) is 4.79 Å². The zero-order chi connectivity index (χ0) is 13.7. The van der Waals surface area contributed by atoms with Gasteiger partial charge in [-0.3, -0.25) is 4.79 Å². The molecule has 1 fully saturated rings. The number of benzene rings is 1. The summed E-state index contributed by atoms with van der Waals surface area (Å²) in [4.78, 5) is 12.0. The molecule has 0 radical (unpaired) electrons. The number of carbonyl (C=O) groups is 1. The zero-order valence-corrected chi connectivity index (χ0v) is 11.7. The quantitative estimate of drug-likeness (QED) is 0.862. The first-order valence-corrected chi connectivity index (χ1v) is 6.83. The van der Waals surface area contributed by atoms with Crippen LogP contribution in [0.15, 0.2) is 18.2 Å². The van der Waals surface area contributed by atoms with Gasteiger partial charge in [0.1, 0.15) is 0 Å². The van der Waals surface area contributed by atoms with Crippen LogP contribution in [-0.2, 0) is 4.74 Å². The van der Waals surface area contributed by atoms with Crippen molar-refractivity contribution in [1.29, 1.82) is 0 Å². The summed E-state index contributed by atoms with van der Waals surface area (Å²) in [6.07, 6.45) is 0.899. The Morgan fingerprint density at radius 3 is 2.95 bits per heavy atom. The highest BCUT2D eigenvalue weighted by Gasteiger charge is 2.13. The van der Waals surface area contributed by atoms with E-state index in [-0.39, 0.29) is 5.91 Å². The van der Waals surface area contributed by atoms with E-state index in [0.29, 0.717) is 12.6 Å². The number of amides is 1. The van der Waals surface area contributed by atoms with Gasteiger partial charge in [0.15, 0.2) is 0 Å². The molecule has 1 heterocycles. The molecule has 1 aliphatic rings. The zero-order valence-electron chi connectivity index (χ0n) is 11.7. The average Bonchev–Trinajstić information content (AvgIpc) is 2.43. The number of rotatable bonds is 4. The predicted octanol–water partition coefficient (Wildman–Crippen LogP) is 1.41. The minimum Gasteiger partial charge on any atom is -0.379 e. The molecular formula is C15H22N2O2. The fourth-order valence-electron chi connectivity index (χ4n) is 2.15. The summed E-state index contributed by atoms with van der Waals surface area (Å²) in [6.45, 7) is 7.16. The molecule has 4 heteroatoms. The number of nitrogens with one attached hydrogen (secondary N) is 2. The highest BCUT2D eigenvalue weighted by molar-refractivity contribution is 5.94. The number of carbonyl (C=O) groups excluding carboxylic acids is 1. The standard InChI is InChI=1S/C15H22N2O2/c1-11-3-4-13(9-12(11)2)15(18)17-6-5-14-10-19-8-7-16-14/h3-4,9,14,16H,5-8,10H2,1-2H3,(H,17,18). The molecule has 0 aliphatic carbocycles. The van der Waals surface area contributed by atoms with Gasteiger partial charge in [-0.1, -0.05) is 6.07 Å². The second-order valence-electron chi connectivity index (χ2n) is 5.07. The van der Waals surface area contributed by atoms with Crippen LogP contribution in [0.5, 0.6) is 0 Å². The summed E-state index contributed by atoms with van der Waals surface area (Å²) in [7, 11) is 0. The van der Waals surface area contributed by atoms with E-state index in [4.69, 9.17) is 4.74 Å². The van der Waals surface area contributed by atoms with Crippen molar-refractivity contribution in [1.82, 2.24) is 10.6 Å². The summed E-state index contributed by atoms with van der Waals surface area (Å²) in [5.41, 5.74) is 3.09. The van der Waals surface area contributed by atoms with E-state index in [1.54, 1.807) is 0 Å². The molecule has 1 aromatic carbocycles. The fourth-order valence-corrected chi connectivity index (χ4v) is 2.15. The van der Waals surface area contributed by atoms with Crippen molar-refractivity contribution in [3.05, 3.63) is 34.9 Å². The molecule has 0 aromatic heterocycles. The van der Waals surface area contributed by atoms with Crippen LogP contribution < -0.4 is 10.6 Å². The lowest BCUT2D eigenvalue weighted by atomic mass is 10.1. The van der Waals surface area contributed by atoms with E-state index in [1.165, 1.54) is 5.56 Å². The van der Waals surface area contributed by atoms with Crippen LogP contribution >= 0.6 is 0 Å². The van der Waals surface area contributed by atoms with Crippen molar-refractivity contribution in [3.63, 3.8) is 0 Å². The second-order valence-corrected chi connectivity index (χ2v) is 5.07. The Hall–Kier alpha value is -1.39. The van der Waals surface area contributed by atoms with Gasteiger partial charge in [0.2, 0.25) is 0 Å². The lowest BCUT2D eigenvalue weighted by Gasteiger charge is -2.23. The molecule has 1 aromatic rings. The SMILES string of the molecule is Cc1ccc(C(=O)NCCC2COCCN2)cc1C. The smallest absolute Gasteiger partial charge is 0.251 e. The molecular weight excluding hydrogens is 240 g/mol. The molecule has 0 spiro atoms. The molecule has 104 valence electrons. The van der Waals surface area contributed by atoms with E-state index in [1.807, 2.05) is 32.0 Å². The third-order valence-electron chi connectivity index (χ3n) is 3.55. The maximum atomic E-state index is 12.0. The Bertz CT molecular complexity index is 440. The third kappa shape index (κ3) is 4.04. The number of ether oxygens (including phenoxy) is 1. The van der Waals surface area contributed by atoms with Crippen molar-refractivity contribution >= 4 is 5.91 Å². The summed E-state index contributed by atoms with van der Waals surface area (Å²) < 4.78 is 5.38. The summed E-state index contributed by atoms with van der Waals surface area (Å²) >= 11 is 0. The first kappa shape index (κ1) is 14.0. The number of hydrogen-bond acceptors (Lipinski definition) is 3. The Morgan fingerprint density at radius 2 is 2.26 bits per heavy atom. The van der Waals surface area contributed by atoms with E-state index in [2.05, 4.69) is 10.6 Å². The largest absolute Gasteiger partial charge is 0.379 e. The Balaban J connectivity index is 1.78. The van der Waals surface area contributed by atoms with Gasteiger partial charge >= 0.3 is 0 Å². The third-order valence-corrected chi connectivity index (χ3v) is 3.55. The second kappa shape index (κ2) is 6.68. The molecule has 1 unspecified atom stereocenters. The van der Waals surface area contributed by atoms with Gasteiger partial charge in [-0.25, -0.2) is 0 Å². The maximum Gasteiger partial charge on any atom is 0.251 e. The number of morpholine rings is 1. The van der Waals surface area contributed by atoms with Crippen molar-refractivity contribution in [2.24, 2.45) is 0 Å². The van der Waals surface area contributed by atoms with Gasteiger partial charge < -0.3 is 15.4 Å². The van der Waals surface area contributed by atoms with Crippen LogP contribution in [0, 0.1) is 13.8 Å².